The first-order valence-electron chi connectivity index (χ1n) is 7.92. The van der Waals surface area contributed by atoms with E-state index < -0.39 is 0 Å². The summed E-state index contributed by atoms with van der Waals surface area (Å²) in [5, 5.41) is 4.04. The SMILES string of the molecule is CN(Cc1nc(-c2ccccc2)no1)CC1CCC(=O)N(C)C1. The summed E-state index contributed by atoms with van der Waals surface area (Å²) in [6, 6.07) is 9.81. The third kappa shape index (κ3) is 3.96. The molecule has 1 fully saturated rings. The highest BCUT2D eigenvalue weighted by Crippen LogP contribution is 2.19. The van der Waals surface area contributed by atoms with Gasteiger partial charge in [-0.3, -0.25) is 9.69 Å². The van der Waals surface area contributed by atoms with Gasteiger partial charge in [0, 0.05) is 32.1 Å². The van der Waals surface area contributed by atoms with Crippen LogP contribution in [0.2, 0.25) is 0 Å². The van der Waals surface area contributed by atoms with Crippen molar-refractivity contribution in [1.82, 2.24) is 19.9 Å². The largest absolute Gasteiger partial charge is 0.345 e. The van der Waals surface area contributed by atoms with Gasteiger partial charge in [-0.25, -0.2) is 0 Å². The number of piperidine rings is 1. The van der Waals surface area contributed by atoms with Crippen molar-refractivity contribution in [3.05, 3.63) is 36.2 Å². The minimum atomic E-state index is 0.244. The van der Waals surface area contributed by atoms with E-state index in [2.05, 4.69) is 15.0 Å². The lowest BCUT2D eigenvalue weighted by molar-refractivity contribution is -0.133. The number of rotatable bonds is 5. The number of likely N-dealkylation sites (tertiary alicyclic amines) is 1. The number of nitrogens with zero attached hydrogens (tertiary/aromatic N) is 4. The molecule has 1 aliphatic rings. The zero-order chi connectivity index (χ0) is 16.2. The van der Waals surface area contributed by atoms with Crippen LogP contribution in [0.3, 0.4) is 0 Å². The Kier molecular flexibility index (Phi) is 4.71. The molecule has 6 heteroatoms. The maximum Gasteiger partial charge on any atom is 0.241 e. The first-order valence-corrected chi connectivity index (χ1v) is 7.92. The van der Waals surface area contributed by atoms with Crippen molar-refractivity contribution in [3.8, 4) is 11.4 Å². The molecule has 2 aromatic rings. The highest BCUT2D eigenvalue weighted by atomic mass is 16.5. The molecule has 2 heterocycles. The van der Waals surface area contributed by atoms with Crippen LogP contribution in [0.15, 0.2) is 34.9 Å². The fourth-order valence-electron chi connectivity index (χ4n) is 3.01. The molecule has 0 spiro atoms. The van der Waals surface area contributed by atoms with E-state index in [4.69, 9.17) is 4.52 Å². The molecule has 1 amide bonds. The lowest BCUT2D eigenvalue weighted by atomic mass is 9.97. The average Bonchev–Trinajstić information content (AvgIpc) is 3.00. The Hall–Kier alpha value is -2.21. The molecule has 122 valence electrons. The summed E-state index contributed by atoms with van der Waals surface area (Å²) in [4.78, 5) is 20.0. The van der Waals surface area contributed by atoms with E-state index >= 15 is 0 Å². The summed E-state index contributed by atoms with van der Waals surface area (Å²) in [6.07, 6.45) is 1.60. The molecule has 23 heavy (non-hydrogen) atoms. The number of benzene rings is 1. The van der Waals surface area contributed by atoms with Gasteiger partial charge in [0.05, 0.1) is 6.54 Å². The van der Waals surface area contributed by atoms with Gasteiger partial charge in [-0.05, 0) is 19.4 Å². The fraction of sp³-hybridized carbons (Fsp3) is 0.471. The number of aromatic nitrogens is 2. The van der Waals surface area contributed by atoms with Crippen molar-refractivity contribution < 1.29 is 9.32 Å². The molecule has 6 nitrogen and oxygen atoms in total. The van der Waals surface area contributed by atoms with Crippen LogP contribution in [0.1, 0.15) is 18.7 Å². The third-order valence-corrected chi connectivity index (χ3v) is 4.20. The minimum Gasteiger partial charge on any atom is -0.345 e. The van der Waals surface area contributed by atoms with Crippen molar-refractivity contribution in [2.24, 2.45) is 5.92 Å². The predicted molar refractivity (Wildman–Crippen MR) is 86.4 cm³/mol. The second kappa shape index (κ2) is 6.91. The van der Waals surface area contributed by atoms with E-state index in [1.807, 2.05) is 49.3 Å². The normalized spacial score (nSPS) is 18.7. The molecule has 1 aliphatic heterocycles. The first kappa shape index (κ1) is 15.7. The van der Waals surface area contributed by atoms with Crippen LogP contribution in [-0.2, 0) is 11.3 Å². The van der Waals surface area contributed by atoms with Crippen molar-refractivity contribution in [2.45, 2.75) is 19.4 Å². The topological polar surface area (TPSA) is 62.5 Å². The molecule has 1 saturated heterocycles. The van der Waals surface area contributed by atoms with E-state index in [9.17, 15) is 4.79 Å². The van der Waals surface area contributed by atoms with Gasteiger partial charge in [0.1, 0.15) is 0 Å². The molecule has 0 aliphatic carbocycles. The van der Waals surface area contributed by atoms with Crippen LogP contribution in [0, 0.1) is 5.92 Å². The Labute approximate surface area is 136 Å². The van der Waals surface area contributed by atoms with Crippen LogP contribution in [0.5, 0.6) is 0 Å². The van der Waals surface area contributed by atoms with E-state index in [0.717, 1.165) is 25.1 Å². The molecule has 1 unspecified atom stereocenters. The number of hydrogen-bond donors (Lipinski definition) is 0. The summed E-state index contributed by atoms with van der Waals surface area (Å²) in [7, 11) is 3.92. The Morgan fingerprint density at radius 1 is 1.35 bits per heavy atom. The summed E-state index contributed by atoms with van der Waals surface area (Å²) < 4.78 is 5.35. The molecule has 0 radical (unpaired) electrons. The molecule has 0 bridgehead atoms. The highest BCUT2D eigenvalue weighted by Gasteiger charge is 2.24. The monoisotopic (exact) mass is 314 g/mol. The molecule has 0 N–H and O–H groups in total. The highest BCUT2D eigenvalue weighted by molar-refractivity contribution is 5.76. The molecule has 1 aromatic heterocycles. The molecule has 1 aromatic carbocycles. The number of carbonyl (C=O) groups excluding carboxylic acids is 1. The molecule has 1 atom stereocenters. The molecule has 3 rings (SSSR count). The van der Waals surface area contributed by atoms with Crippen molar-refractivity contribution >= 4 is 5.91 Å². The maximum atomic E-state index is 11.5. The fourth-order valence-corrected chi connectivity index (χ4v) is 3.01. The Balaban J connectivity index is 1.55. The number of hydrogen-bond acceptors (Lipinski definition) is 5. The van der Waals surface area contributed by atoms with Gasteiger partial charge < -0.3 is 9.42 Å². The maximum absolute atomic E-state index is 11.5. The van der Waals surface area contributed by atoms with Crippen LogP contribution in [0.4, 0.5) is 0 Å². The number of carbonyl (C=O) groups is 1. The second-order valence-corrected chi connectivity index (χ2v) is 6.25. The standard InChI is InChI=1S/C17H22N4O2/c1-20(10-13-8-9-16(22)21(2)11-13)12-15-18-17(19-23-15)14-6-4-3-5-7-14/h3-7,13H,8-12H2,1-2H3. The van der Waals surface area contributed by atoms with Crippen LogP contribution in [-0.4, -0.2) is 53.0 Å². The van der Waals surface area contributed by atoms with Gasteiger partial charge in [0.2, 0.25) is 17.6 Å². The van der Waals surface area contributed by atoms with Gasteiger partial charge in [-0.15, -0.1) is 0 Å². The van der Waals surface area contributed by atoms with Gasteiger partial charge >= 0.3 is 0 Å². The van der Waals surface area contributed by atoms with Crippen LogP contribution >= 0.6 is 0 Å². The second-order valence-electron chi connectivity index (χ2n) is 6.25. The van der Waals surface area contributed by atoms with Gasteiger partial charge in [0.15, 0.2) is 0 Å². The Morgan fingerprint density at radius 3 is 2.87 bits per heavy atom. The van der Waals surface area contributed by atoms with E-state index in [1.54, 1.807) is 0 Å². The van der Waals surface area contributed by atoms with Crippen molar-refractivity contribution in [2.75, 3.05) is 27.2 Å². The minimum absolute atomic E-state index is 0.244. The van der Waals surface area contributed by atoms with E-state index in [1.165, 1.54) is 0 Å². The molecular formula is C17H22N4O2. The average molecular weight is 314 g/mol. The zero-order valence-electron chi connectivity index (χ0n) is 13.6. The Bertz CT molecular complexity index is 656. The van der Waals surface area contributed by atoms with E-state index in [-0.39, 0.29) is 5.91 Å². The van der Waals surface area contributed by atoms with Crippen molar-refractivity contribution in [3.63, 3.8) is 0 Å². The Morgan fingerprint density at radius 2 is 2.13 bits per heavy atom. The zero-order valence-corrected chi connectivity index (χ0v) is 13.6. The summed E-state index contributed by atoms with van der Waals surface area (Å²) in [5.74, 6) is 1.98. The summed E-state index contributed by atoms with van der Waals surface area (Å²) >= 11 is 0. The van der Waals surface area contributed by atoms with Crippen molar-refractivity contribution in [1.29, 1.82) is 0 Å². The van der Waals surface area contributed by atoms with Crippen LogP contribution < -0.4 is 0 Å². The molecule has 0 saturated carbocycles. The number of amides is 1. The lowest BCUT2D eigenvalue weighted by Gasteiger charge is -2.31. The molecular weight excluding hydrogens is 292 g/mol. The summed E-state index contributed by atoms with van der Waals surface area (Å²) in [5.41, 5.74) is 0.956. The predicted octanol–water partition coefficient (Wildman–Crippen LogP) is 2.04. The van der Waals surface area contributed by atoms with Gasteiger partial charge in [-0.1, -0.05) is 35.5 Å². The van der Waals surface area contributed by atoms with Crippen LogP contribution in [0.25, 0.3) is 11.4 Å². The van der Waals surface area contributed by atoms with Gasteiger partial charge in [-0.2, -0.15) is 4.98 Å². The smallest absolute Gasteiger partial charge is 0.241 e. The van der Waals surface area contributed by atoms with Gasteiger partial charge in [0.25, 0.3) is 0 Å². The summed E-state index contributed by atoms with van der Waals surface area (Å²) in [6.45, 7) is 2.36. The quantitative estimate of drug-likeness (QED) is 0.845. The first-order chi connectivity index (χ1) is 11.1. The lowest BCUT2D eigenvalue weighted by Crippen LogP contribution is -2.41. The third-order valence-electron chi connectivity index (χ3n) is 4.20. The van der Waals surface area contributed by atoms with E-state index in [0.29, 0.717) is 30.6 Å².